The highest BCUT2D eigenvalue weighted by Crippen LogP contribution is 2.38. The summed E-state index contributed by atoms with van der Waals surface area (Å²) in [6.45, 7) is 0. The zero-order chi connectivity index (χ0) is 36.6. The van der Waals surface area contributed by atoms with Gasteiger partial charge in [-0.25, -0.2) is 19.9 Å². The average Bonchev–Trinajstić information content (AvgIpc) is 3.72. The third kappa shape index (κ3) is 6.24. The van der Waals surface area contributed by atoms with Gasteiger partial charge in [0.15, 0.2) is 23.1 Å². The zero-order valence-corrected chi connectivity index (χ0v) is 29.7. The Labute approximate surface area is 318 Å². The minimum atomic E-state index is 0.619. The average molecular weight is 705 g/mol. The van der Waals surface area contributed by atoms with Gasteiger partial charge in [-0.3, -0.25) is 0 Å². The molecule has 10 aromatic rings. The number of nitrogens with zero attached hydrogens (tertiary/aromatic N) is 4. The molecule has 0 saturated carbocycles. The van der Waals surface area contributed by atoms with Crippen LogP contribution in [0.15, 0.2) is 199 Å². The SMILES string of the molecule is c1ccc(-c2ccc(-c3nc(-c4ccccc4)nc(-c4ccc(-c5cccc(-c6cccc7ccc8nc(-c9ccccc9)oc8c67)c5)cc4)n3)cc2)cc1. The molecule has 5 heteroatoms. The van der Waals surface area contributed by atoms with Crippen LogP contribution in [0.1, 0.15) is 0 Å². The summed E-state index contributed by atoms with van der Waals surface area (Å²) < 4.78 is 6.47. The topological polar surface area (TPSA) is 64.7 Å². The van der Waals surface area contributed by atoms with E-state index >= 15 is 0 Å². The molecule has 0 N–H and O–H groups in total. The van der Waals surface area contributed by atoms with Crippen LogP contribution in [0.5, 0.6) is 0 Å². The van der Waals surface area contributed by atoms with Crippen molar-refractivity contribution in [2.75, 3.05) is 0 Å². The van der Waals surface area contributed by atoms with Crippen LogP contribution >= 0.6 is 0 Å². The van der Waals surface area contributed by atoms with E-state index in [-0.39, 0.29) is 0 Å². The Kier molecular flexibility index (Phi) is 8.08. The first-order valence-electron chi connectivity index (χ1n) is 18.3. The van der Waals surface area contributed by atoms with Crippen LogP contribution in [0.4, 0.5) is 0 Å². The molecule has 0 spiro atoms. The third-order valence-corrected chi connectivity index (χ3v) is 9.99. The molecular formula is C50H32N4O. The second-order valence-corrected chi connectivity index (χ2v) is 13.5. The molecule has 0 atom stereocenters. The van der Waals surface area contributed by atoms with Crippen molar-refractivity contribution in [1.29, 1.82) is 0 Å². The molecule has 0 radical (unpaired) electrons. The summed E-state index contributed by atoms with van der Waals surface area (Å²) in [5, 5.41) is 2.16. The van der Waals surface area contributed by atoms with Crippen LogP contribution < -0.4 is 0 Å². The molecule has 0 aliphatic heterocycles. The lowest BCUT2D eigenvalue weighted by Gasteiger charge is -2.11. The molecule has 10 rings (SSSR count). The molecule has 2 aromatic heterocycles. The Morgan fingerprint density at radius 2 is 0.764 bits per heavy atom. The van der Waals surface area contributed by atoms with Crippen molar-refractivity contribution in [1.82, 2.24) is 19.9 Å². The maximum Gasteiger partial charge on any atom is 0.227 e. The second kappa shape index (κ2) is 13.8. The summed E-state index contributed by atoms with van der Waals surface area (Å²) in [7, 11) is 0. The monoisotopic (exact) mass is 704 g/mol. The van der Waals surface area contributed by atoms with Crippen molar-refractivity contribution in [2.24, 2.45) is 0 Å². The molecule has 5 nitrogen and oxygen atoms in total. The number of rotatable bonds is 7. The molecule has 55 heavy (non-hydrogen) atoms. The van der Waals surface area contributed by atoms with Gasteiger partial charge in [-0.1, -0.05) is 170 Å². The van der Waals surface area contributed by atoms with E-state index in [9.17, 15) is 0 Å². The maximum atomic E-state index is 6.47. The van der Waals surface area contributed by atoms with E-state index in [0.717, 1.165) is 71.9 Å². The molecule has 2 heterocycles. The highest BCUT2D eigenvalue weighted by atomic mass is 16.3. The van der Waals surface area contributed by atoms with Crippen molar-refractivity contribution >= 4 is 21.9 Å². The molecule has 258 valence electrons. The molecule has 8 aromatic carbocycles. The number of aromatic nitrogens is 4. The van der Waals surface area contributed by atoms with Crippen LogP contribution in [-0.2, 0) is 0 Å². The largest absolute Gasteiger partial charge is 0.435 e. The lowest BCUT2D eigenvalue weighted by molar-refractivity contribution is 0.623. The van der Waals surface area contributed by atoms with E-state index in [4.69, 9.17) is 24.4 Å². The van der Waals surface area contributed by atoms with Crippen molar-refractivity contribution in [3.8, 4) is 79.0 Å². The minimum absolute atomic E-state index is 0.619. The number of oxazole rings is 1. The Hall–Kier alpha value is -7.50. The van der Waals surface area contributed by atoms with Gasteiger partial charge in [0.1, 0.15) is 5.52 Å². The standard InChI is InChI=1S/C50H32N4O/c1-4-12-33(13-5-1)34-22-26-38(27-23-34)48-52-47(37-14-6-2-7-15-37)53-49(54-48)39-28-24-35(25-29-39)41-19-10-20-42(32-41)43-21-11-18-36-30-31-44-46(45(36)43)55-50(51-44)40-16-8-3-9-17-40/h1-32H. The van der Waals surface area contributed by atoms with Gasteiger partial charge in [0.2, 0.25) is 5.89 Å². The van der Waals surface area contributed by atoms with Crippen LogP contribution in [0.25, 0.3) is 101 Å². The summed E-state index contributed by atoms with van der Waals surface area (Å²) in [5.74, 6) is 2.51. The fourth-order valence-electron chi connectivity index (χ4n) is 7.17. The summed E-state index contributed by atoms with van der Waals surface area (Å²) in [6.07, 6.45) is 0. The number of fused-ring (bicyclic) bond motifs is 3. The number of hydrogen-bond acceptors (Lipinski definition) is 5. The first-order chi connectivity index (χ1) is 27.2. The molecule has 0 aliphatic rings. The summed E-state index contributed by atoms with van der Waals surface area (Å²) in [5.41, 5.74) is 12.1. The van der Waals surface area contributed by atoms with Crippen LogP contribution in [0, 0.1) is 0 Å². The molecule has 0 aliphatic carbocycles. The first kappa shape index (κ1) is 32.2. The van der Waals surface area contributed by atoms with E-state index in [1.807, 2.05) is 72.8 Å². The Balaban J connectivity index is 1.00. The van der Waals surface area contributed by atoms with Crippen molar-refractivity contribution in [2.45, 2.75) is 0 Å². The maximum absolute atomic E-state index is 6.47. The number of benzene rings is 8. The Morgan fingerprint density at radius 3 is 1.38 bits per heavy atom. The molecule has 0 unspecified atom stereocenters. The van der Waals surface area contributed by atoms with Gasteiger partial charge in [-0.05, 0) is 63.0 Å². The lowest BCUT2D eigenvalue weighted by Crippen LogP contribution is -2.00. The highest BCUT2D eigenvalue weighted by Gasteiger charge is 2.16. The van der Waals surface area contributed by atoms with Gasteiger partial charge in [0.05, 0.1) is 0 Å². The smallest absolute Gasteiger partial charge is 0.227 e. The quantitative estimate of drug-likeness (QED) is 0.165. The van der Waals surface area contributed by atoms with E-state index in [1.165, 1.54) is 5.56 Å². The van der Waals surface area contributed by atoms with Crippen LogP contribution in [0.3, 0.4) is 0 Å². The van der Waals surface area contributed by atoms with Gasteiger partial charge in [-0.15, -0.1) is 0 Å². The highest BCUT2D eigenvalue weighted by molar-refractivity contribution is 6.11. The summed E-state index contributed by atoms with van der Waals surface area (Å²) in [4.78, 5) is 19.7. The van der Waals surface area contributed by atoms with E-state index < -0.39 is 0 Å². The summed E-state index contributed by atoms with van der Waals surface area (Å²) in [6, 6.07) is 66.5. The minimum Gasteiger partial charge on any atom is -0.435 e. The normalized spacial score (nSPS) is 11.3. The lowest BCUT2D eigenvalue weighted by atomic mass is 9.94. The van der Waals surface area contributed by atoms with Gasteiger partial charge in [0, 0.05) is 27.6 Å². The predicted molar refractivity (Wildman–Crippen MR) is 223 cm³/mol. The molecule has 0 saturated heterocycles. The molecular weight excluding hydrogens is 673 g/mol. The molecule has 0 bridgehead atoms. The second-order valence-electron chi connectivity index (χ2n) is 13.5. The van der Waals surface area contributed by atoms with Crippen LogP contribution in [0.2, 0.25) is 0 Å². The van der Waals surface area contributed by atoms with Gasteiger partial charge >= 0.3 is 0 Å². The predicted octanol–water partition coefficient (Wildman–Crippen LogP) is 12.8. The summed E-state index contributed by atoms with van der Waals surface area (Å²) >= 11 is 0. The van der Waals surface area contributed by atoms with Gasteiger partial charge in [-0.2, -0.15) is 0 Å². The molecule has 0 fully saturated rings. The zero-order valence-electron chi connectivity index (χ0n) is 29.7. The van der Waals surface area contributed by atoms with Gasteiger partial charge in [0.25, 0.3) is 0 Å². The van der Waals surface area contributed by atoms with E-state index in [2.05, 4.69) is 121 Å². The van der Waals surface area contributed by atoms with Crippen molar-refractivity contribution in [3.63, 3.8) is 0 Å². The van der Waals surface area contributed by atoms with Gasteiger partial charge < -0.3 is 4.42 Å². The fourth-order valence-corrected chi connectivity index (χ4v) is 7.17. The van der Waals surface area contributed by atoms with Crippen molar-refractivity contribution in [3.05, 3.63) is 194 Å². The Morgan fingerprint density at radius 1 is 0.309 bits per heavy atom. The number of hydrogen-bond donors (Lipinski definition) is 0. The Bertz CT molecular complexity index is 2940. The van der Waals surface area contributed by atoms with E-state index in [1.54, 1.807) is 0 Å². The fraction of sp³-hybridized carbons (Fsp3) is 0. The van der Waals surface area contributed by atoms with Crippen LogP contribution in [-0.4, -0.2) is 19.9 Å². The third-order valence-electron chi connectivity index (χ3n) is 9.99. The first-order valence-corrected chi connectivity index (χ1v) is 18.3. The van der Waals surface area contributed by atoms with Crippen molar-refractivity contribution < 1.29 is 4.42 Å². The molecule has 0 amide bonds. The van der Waals surface area contributed by atoms with E-state index in [0.29, 0.717) is 23.4 Å².